The van der Waals surface area contributed by atoms with E-state index in [-0.39, 0.29) is 22.1 Å². The predicted octanol–water partition coefficient (Wildman–Crippen LogP) is 0.372. The van der Waals surface area contributed by atoms with Crippen molar-refractivity contribution in [1.82, 2.24) is 4.98 Å². The molecule has 0 saturated heterocycles. The van der Waals surface area contributed by atoms with E-state index in [2.05, 4.69) is 4.98 Å². The molecule has 0 aliphatic rings. The minimum absolute atomic E-state index is 0. The average Bonchev–Trinajstić information content (AvgIpc) is 1.69. The molecular formula is C5H5NNiO. The SMILES string of the molecule is O=c1cccc[nH]1.[Ni]. The van der Waals surface area contributed by atoms with Gasteiger partial charge in [-0.25, -0.2) is 0 Å². The van der Waals surface area contributed by atoms with Crippen LogP contribution in [0.3, 0.4) is 0 Å². The van der Waals surface area contributed by atoms with Crippen LogP contribution in [-0.4, -0.2) is 4.98 Å². The summed E-state index contributed by atoms with van der Waals surface area (Å²) in [6, 6.07) is 4.93. The molecule has 1 aromatic rings. The Balaban J connectivity index is 0.000000490. The zero-order valence-corrected chi connectivity index (χ0v) is 5.02. The molecule has 0 saturated carbocycles. The van der Waals surface area contributed by atoms with Crippen molar-refractivity contribution in [3.05, 3.63) is 34.7 Å². The third-order valence-corrected chi connectivity index (χ3v) is 0.681. The summed E-state index contributed by atoms with van der Waals surface area (Å²) in [6.07, 6.45) is 1.60. The van der Waals surface area contributed by atoms with Crippen LogP contribution < -0.4 is 5.56 Å². The van der Waals surface area contributed by atoms with Gasteiger partial charge in [0.15, 0.2) is 0 Å². The molecule has 0 atom stereocenters. The molecule has 0 aliphatic carbocycles. The van der Waals surface area contributed by atoms with Crippen LogP contribution in [-0.2, 0) is 16.5 Å². The molecule has 1 N–H and O–H groups in total. The van der Waals surface area contributed by atoms with Gasteiger partial charge in [-0.15, -0.1) is 0 Å². The molecule has 0 spiro atoms. The summed E-state index contributed by atoms with van der Waals surface area (Å²) in [7, 11) is 0. The van der Waals surface area contributed by atoms with E-state index < -0.39 is 0 Å². The number of aromatic nitrogens is 1. The van der Waals surface area contributed by atoms with E-state index in [1.165, 1.54) is 6.07 Å². The Hall–Kier alpha value is -0.556. The molecule has 0 amide bonds. The van der Waals surface area contributed by atoms with Gasteiger partial charge in [-0.2, -0.15) is 0 Å². The summed E-state index contributed by atoms with van der Waals surface area (Å²) >= 11 is 0. The fourth-order valence-electron chi connectivity index (χ4n) is 0.377. The first-order valence-corrected chi connectivity index (χ1v) is 2.03. The van der Waals surface area contributed by atoms with Gasteiger partial charge in [-0.1, -0.05) is 6.07 Å². The summed E-state index contributed by atoms with van der Waals surface area (Å²) in [6.45, 7) is 0. The minimum atomic E-state index is -0.0532. The van der Waals surface area contributed by atoms with Crippen LogP contribution in [0.4, 0.5) is 0 Å². The summed E-state index contributed by atoms with van der Waals surface area (Å²) < 4.78 is 0. The van der Waals surface area contributed by atoms with Crippen molar-refractivity contribution in [2.45, 2.75) is 0 Å². The van der Waals surface area contributed by atoms with E-state index in [0.717, 1.165) is 0 Å². The Morgan fingerprint density at radius 3 is 2.38 bits per heavy atom. The maximum absolute atomic E-state index is 10.2. The molecule has 0 bridgehead atoms. The quantitative estimate of drug-likeness (QED) is 0.537. The van der Waals surface area contributed by atoms with Crippen LogP contribution in [0.15, 0.2) is 29.2 Å². The Bertz CT molecular complexity index is 178. The van der Waals surface area contributed by atoms with E-state index in [9.17, 15) is 4.79 Å². The minimum Gasteiger partial charge on any atom is -0.329 e. The van der Waals surface area contributed by atoms with E-state index in [4.69, 9.17) is 0 Å². The monoisotopic (exact) mass is 153 g/mol. The smallest absolute Gasteiger partial charge is 0.247 e. The third-order valence-electron chi connectivity index (χ3n) is 0.681. The number of H-pyrrole nitrogens is 1. The van der Waals surface area contributed by atoms with Crippen LogP contribution in [0.5, 0.6) is 0 Å². The first kappa shape index (κ1) is 7.44. The standard InChI is InChI=1S/C5H5NO.Ni/c7-5-3-1-2-4-6-5;/h1-4H,(H,6,7);. The van der Waals surface area contributed by atoms with Gasteiger partial charge in [0.2, 0.25) is 5.56 Å². The van der Waals surface area contributed by atoms with E-state index >= 15 is 0 Å². The average molecular weight is 154 g/mol. The summed E-state index contributed by atoms with van der Waals surface area (Å²) in [5.41, 5.74) is -0.0532. The zero-order valence-electron chi connectivity index (χ0n) is 4.03. The molecule has 8 heavy (non-hydrogen) atoms. The van der Waals surface area contributed by atoms with Crippen molar-refractivity contribution < 1.29 is 16.5 Å². The van der Waals surface area contributed by atoms with Gasteiger partial charge < -0.3 is 4.98 Å². The van der Waals surface area contributed by atoms with Crippen molar-refractivity contribution in [3.63, 3.8) is 0 Å². The predicted molar refractivity (Wildman–Crippen MR) is 27.1 cm³/mol. The van der Waals surface area contributed by atoms with Gasteiger partial charge in [0.1, 0.15) is 0 Å². The van der Waals surface area contributed by atoms with Crippen molar-refractivity contribution in [3.8, 4) is 0 Å². The molecule has 1 aromatic heterocycles. The molecule has 46 valence electrons. The van der Waals surface area contributed by atoms with Gasteiger partial charge >= 0.3 is 0 Å². The van der Waals surface area contributed by atoms with Crippen molar-refractivity contribution in [2.75, 3.05) is 0 Å². The van der Waals surface area contributed by atoms with Gasteiger partial charge in [0, 0.05) is 28.8 Å². The van der Waals surface area contributed by atoms with Gasteiger partial charge in [0.05, 0.1) is 0 Å². The van der Waals surface area contributed by atoms with Gasteiger partial charge in [-0.05, 0) is 6.07 Å². The number of pyridine rings is 1. The van der Waals surface area contributed by atoms with E-state index in [1.807, 2.05) is 0 Å². The topological polar surface area (TPSA) is 32.9 Å². The van der Waals surface area contributed by atoms with Gasteiger partial charge in [0.25, 0.3) is 0 Å². The van der Waals surface area contributed by atoms with Crippen LogP contribution in [0.2, 0.25) is 0 Å². The Morgan fingerprint density at radius 2 is 2.12 bits per heavy atom. The molecule has 0 fully saturated rings. The van der Waals surface area contributed by atoms with Crippen LogP contribution >= 0.6 is 0 Å². The van der Waals surface area contributed by atoms with Crippen LogP contribution in [0.25, 0.3) is 0 Å². The molecule has 0 radical (unpaired) electrons. The number of rotatable bonds is 0. The first-order chi connectivity index (χ1) is 3.39. The van der Waals surface area contributed by atoms with Crippen LogP contribution in [0, 0.1) is 0 Å². The normalized spacial score (nSPS) is 7.50. The number of nitrogens with one attached hydrogen (secondary N) is 1. The number of hydrogen-bond acceptors (Lipinski definition) is 1. The summed E-state index contributed by atoms with van der Waals surface area (Å²) in [5, 5.41) is 0. The second-order valence-corrected chi connectivity index (χ2v) is 1.23. The fraction of sp³-hybridized carbons (Fsp3) is 0. The van der Waals surface area contributed by atoms with Crippen molar-refractivity contribution >= 4 is 0 Å². The van der Waals surface area contributed by atoms with E-state index in [0.29, 0.717) is 0 Å². The van der Waals surface area contributed by atoms with Gasteiger partial charge in [-0.3, -0.25) is 4.79 Å². The largest absolute Gasteiger partial charge is 0.329 e. The number of hydrogen-bond donors (Lipinski definition) is 1. The number of aromatic amines is 1. The summed E-state index contributed by atoms with van der Waals surface area (Å²) in [4.78, 5) is 12.7. The second-order valence-electron chi connectivity index (χ2n) is 1.23. The molecule has 3 heteroatoms. The van der Waals surface area contributed by atoms with E-state index in [1.54, 1.807) is 18.3 Å². The van der Waals surface area contributed by atoms with Crippen LogP contribution in [0.1, 0.15) is 0 Å². The molecule has 2 nitrogen and oxygen atoms in total. The third kappa shape index (κ3) is 1.94. The first-order valence-electron chi connectivity index (χ1n) is 2.03. The molecule has 0 unspecified atom stereocenters. The Labute approximate surface area is 56.9 Å². The fourth-order valence-corrected chi connectivity index (χ4v) is 0.377. The van der Waals surface area contributed by atoms with Crippen molar-refractivity contribution in [1.29, 1.82) is 0 Å². The maximum atomic E-state index is 10.2. The maximum Gasteiger partial charge on any atom is 0.247 e. The second kappa shape index (κ2) is 3.45. The molecular weight excluding hydrogens is 149 g/mol. The molecule has 0 aromatic carbocycles. The Morgan fingerprint density at radius 1 is 1.38 bits per heavy atom. The molecule has 1 heterocycles. The summed E-state index contributed by atoms with van der Waals surface area (Å²) in [5.74, 6) is 0. The van der Waals surface area contributed by atoms with Crippen molar-refractivity contribution in [2.24, 2.45) is 0 Å². The molecule has 1 rings (SSSR count). The zero-order chi connectivity index (χ0) is 5.11. The Kier molecular flexibility index (Phi) is 3.21. The molecule has 0 aliphatic heterocycles.